The van der Waals surface area contributed by atoms with E-state index in [4.69, 9.17) is 4.84 Å². The molecule has 0 saturated heterocycles. The molecule has 130 valence electrons. The molecule has 6 heteroatoms. The molecule has 0 saturated carbocycles. The minimum atomic E-state index is -0.910. The second-order valence-electron chi connectivity index (χ2n) is 5.99. The number of hydrogen-bond donors (Lipinski definition) is 1. The molecular formula is C20H16N2O3S. The Bertz CT molecular complexity index is 1010. The molecule has 0 amide bonds. The van der Waals surface area contributed by atoms with E-state index in [2.05, 4.69) is 16.2 Å². The van der Waals surface area contributed by atoms with Gasteiger partial charge in [-0.25, -0.2) is 4.79 Å². The molecule has 0 fully saturated rings. The fraction of sp³-hybridized carbons (Fsp3) is 0.150. The van der Waals surface area contributed by atoms with Crippen LogP contribution in [0.15, 0.2) is 53.9 Å². The summed E-state index contributed by atoms with van der Waals surface area (Å²) in [7, 11) is 1.55. The molecule has 3 aromatic rings. The van der Waals surface area contributed by atoms with Crippen LogP contribution in [0.3, 0.4) is 0 Å². The van der Waals surface area contributed by atoms with Gasteiger partial charge in [0.1, 0.15) is 12.0 Å². The van der Waals surface area contributed by atoms with Crippen LogP contribution < -0.4 is 0 Å². The summed E-state index contributed by atoms with van der Waals surface area (Å²) in [5.74, 6) is -0.910. The number of carboxylic acids is 1. The number of hydrogen-bond acceptors (Lipinski definition) is 5. The van der Waals surface area contributed by atoms with Crippen LogP contribution in [0.4, 0.5) is 0 Å². The molecule has 0 aliphatic heterocycles. The summed E-state index contributed by atoms with van der Waals surface area (Å²) < 4.78 is 0. The number of aromatic carboxylic acids is 1. The summed E-state index contributed by atoms with van der Waals surface area (Å²) >= 11 is 1.30. The largest absolute Gasteiger partial charge is 0.477 e. The van der Waals surface area contributed by atoms with Crippen molar-refractivity contribution in [2.45, 2.75) is 12.8 Å². The number of oxime groups is 1. The van der Waals surface area contributed by atoms with Gasteiger partial charge in [-0.15, -0.1) is 11.3 Å². The molecule has 1 aromatic carbocycles. The summed E-state index contributed by atoms with van der Waals surface area (Å²) in [5.41, 5.74) is 6.17. The van der Waals surface area contributed by atoms with Crippen molar-refractivity contribution < 1.29 is 14.7 Å². The van der Waals surface area contributed by atoms with Crippen molar-refractivity contribution in [3.8, 4) is 21.6 Å². The maximum Gasteiger partial charge on any atom is 0.345 e. The van der Waals surface area contributed by atoms with E-state index in [9.17, 15) is 9.90 Å². The van der Waals surface area contributed by atoms with Gasteiger partial charge in [0.25, 0.3) is 0 Å². The normalized spacial score (nSPS) is 14.4. The van der Waals surface area contributed by atoms with Crippen LogP contribution >= 0.6 is 11.3 Å². The van der Waals surface area contributed by atoms with Crippen LogP contribution in [0.2, 0.25) is 0 Å². The summed E-state index contributed by atoms with van der Waals surface area (Å²) in [6, 6.07) is 11.7. The summed E-state index contributed by atoms with van der Waals surface area (Å²) in [6.07, 6.45) is 5.20. The second-order valence-corrected chi connectivity index (χ2v) is 7.04. The first-order valence-electron chi connectivity index (χ1n) is 8.18. The highest BCUT2D eigenvalue weighted by atomic mass is 32.1. The van der Waals surface area contributed by atoms with Crippen molar-refractivity contribution in [2.24, 2.45) is 5.16 Å². The minimum absolute atomic E-state index is 0.328. The van der Waals surface area contributed by atoms with Crippen molar-refractivity contribution in [1.29, 1.82) is 0 Å². The molecule has 5 nitrogen and oxygen atoms in total. The molecule has 0 radical (unpaired) electrons. The third kappa shape index (κ3) is 2.88. The highest BCUT2D eigenvalue weighted by Gasteiger charge is 2.21. The lowest BCUT2D eigenvalue weighted by molar-refractivity contribution is 0.0702. The van der Waals surface area contributed by atoms with Gasteiger partial charge in [-0.1, -0.05) is 17.3 Å². The number of aromatic nitrogens is 1. The Kier molecular flexibility index (Phi) is 4.26. The van der Waals surface area contributed by atoms with Gasteiger partial charge in [0.05, 0.1) is 5.71 Å². The number of benzene rings is 1. The fourth-order valence-electron chi connectivity index (χ4n) is 3.27. The number of carboxylic acid groups (broad SMARTS) is 1. The van der Waals surface area contributed by atoms with Crippen molar-refractivity contribution in [3.63, 3.8) is 0 Å². The average Bonchev–Trinajstić information content (AvgIpc) is 3.27. The van der Waals surface area contributed by atoms with Crippen LogP contribution in [-0.4, -0.2) is 28.9 Å². The number of carbonyl (C=O) groups is 1. The topological polar surface area (TPSA) is 71.8 Å². The maximum atomic E-state index is 11.5. The van der Waals surface area contributed by atoms with Gasteiger partial charge in [0, 0.05) is 28.4 Å². The third-order valence-corrected chi connectivity index (χ3v) is 5.62. The first kappa shape index (κ1) is 16.5. The lowest BCUT2D eigenvalue weighted by Crippen LogP contribution is -1.95. The number of rotatable bonds is 4. The lowest BCUT2D eigenvalue weighted by atomic mass is 10.00. The van der Waals surface area contributed by atoms with Gasteiger partial charge in [-0.2, -0.15) is 0 Å². The molecule has 2 aromatic heterocycles. The van der Waals surface area contributed by atoms with E-state index in [1.807, 2.05) is 24.3 Å². The minimum Gasteiger partial charge on any atom is -0.477 e. The Morgan fingerprint density at radius 3 is 2.65 bits per heavy atom. The lowest BCUT2D eigenvalue weighted by Gasteiger charge is -2.07. The van der Waals surface area contributed by atoms with E-state index in [-0.39, 0.29) is 0 Å². The number of nitrogens with zero attached hydrogens (tertiary/aromatic N) is 2. The molecule has 0 bridgehead atoms. The standard InChI is InChI=1S/C20H16N2O3S/c1-25-22-17-5-3-13-10-14(2-4-15(13)17)19-16(11-18(26-19)20(23)24)12-6-8-21-9-7-12/h2,4,6-11H,3,5H2,1H3,(H,23,24). The van der Waals surface area contributed by atoms with Gasteiger partial charge < -0.3 is 9.94 Å². The highest BCUT2D eigenvalue weighted by molar-refractivity contribution is 7.18. The quantitative estimate of drug-likeness (QED) is 0.693. The van der Waals surface area contributed by atoms with Gasteiger partial charge in [-0.05, 0) is 53.8 Å². The summed E-state index contributed by atoms with van der Waals surface area (Å²) in [5, 5.41) is 13.5. The molecule has 2 heterocycles. The fourth-order valence-corrected chi connectivity index (χ4v) is 4.29. The van der Waals surface area contributed by atoms with E-state index in [1.165, 1.54) is 16.9 Å². The monoisotopic (exact) mass is 364 g/mol. The SMILES string of the molecule is CON=C1CCc2cc(-c3sc(C(=O)O)cc3-c3ccncc3)ccc21. The Balaban J connectivity index is 1.84. The number of aryl methyl sites for hydroxylation is 1. The Hall–Kier alpha value is -2.99. The second kappa shape index (κ2) is 6.72. The molecular weight excluding hydrogens is 348 g/mol. The van der Waals surface area contributed by atoms with E-state index < -0.39 is 5.97 Å². The summed E-state index contributed by atoms with van der Waals surface area (Å²) in [4.78, 5) is 21.8. The molecule has 1 aliphatic carbocycles. The molecule has 4 rings (SSSR count). The van der Waals surface area contributed by atoms with Crippen LogP contribution in [0.5, 0.6) is 0 Å². The third-order valence-electron chi connectivity index (χ3n) is 4.45. The van der Waals surface area contributed by atoms with Crippen molar-refractivity contribution in [2.75, 3.05) is 7.11 Å². The Morgan fingerprint density at radius 2 is 1.92 bits per heavy atom. The number of fused-ring (bicyclic) bond motifs is 1. The zero-order valence-electron chi connectivity index (χ0n) is 14.1. The molecule has 1 N–H and O–H groups in total. The zero-order valence-corrected chi connectivity index (χ0v) is 14.9. The molecule has 0 unspecified atom stereocenters. The van der Waals surface area contributed by atoms with Crippen molar-refractivity contribution in [3.05, 3.63) is 64.8 Å². The Labute approximate surface area is 154 Å². The van der Waals surface area contributed by atoms with Crippen LogP contribution in [0.25, 0.3) is 21.6 Å². The average molecular weight is 364 g/mol. The summed E-state index contributed by atoms with van der Waals surface area (Å²) in [6.45, 7) is 0. The van der Waals surface area contributed by atoms with Gasteiger partial charge in [0.15, 0.2) is 0 Å². The Morgan fingerprint density at radius 1 is 1.12 bits per heavy atom. The first-order chi connectivity index (χ1) is 12.7. The van der Waals surface area contributed by atoms with Crippen LogP contribution in [-0.2, 0) is 11.3 Å². The highest BCUT2D eigenvalue weighted by Crippen LogP contribution is 2.40. The molecule has 26 heavy (non-hydrogen) atoms. The van der Waals surface area contributed by atoms with Crippen molar-refractivity contribution in [1.82, 2.24) is 4.98 Å². The molecule has 0 spiro atoms. The number of thiophene rings is 1. The van der Waals surface area contributed by atoms with E-state index >= 15 is 0 Å². The first-order valence-corrected chi connectivity index (χ1v) is 9.00. The van der Waals surface area contributed by atoms with E-state index in [0.29, 0.717) is 4.88 Å². The van der Waals surface area contributed by atoms with Gasteiger partial charge in [0.2, 0.25) is 0 Å². The maximum absolute atomic E-state index is 11.5. The van der Waals surface area contributed by atoms with E-state index in [1.54, 1.807) is 25.6 Å². The predicted molar refractivity (Wildman–Crippen MR) is 102 cm³/mol. The number of pyridine rings is 1. The smallest absolute Gasteiger partial charge is 0.345 e. The molecule has 0 atom stereocenters. The predicted octanol–water partition coefficient (Wildman–Crippen LogP) is 4.47. The molecule has 1 aliphatic rings. The van der Waals surface area contributed by atoms with Gasteiger partial charge >= 0.3 is 5.97 Å². The van der Waals surface area contributed by atoms with Crippen molar-refractivity contribution >= 4 is 23.0 Å². The van der Waals surface area contributed by atoms with E-state index in [0.717, 1.165) is 45.7 Å². The zero-order chi connectivity index (χ0) is 18.1. The van der Waals surface area contributed by atoms with Gasteiger partial charge in [-0.3, -0.25) is 4.98 Å². The van der Waals surface area contributed by atoms with Crippen LogP contribution in [0.1, 0.15) is 27.2 Å². The van der Waals surface area contributed by atoms with Crippen LogP contribution in [0, 0.1) is 0 Å².